The molecule has 0 saturated heterocycles. The summed E-state index contributed by atoms with van der Waals surface area (Å²) >= 11 is 0. The molecule has 0 aliphatic heterocycles. The summed E-state index contributed by atoms with van der Waals surface area (Å²) in [4.78, 5) is 4.98. The van der Waals surface area contributed by atoms with Crippen molar-refractivity contribution >= 4 is 21.8 Å². The topological polar surface area (TPSA) is 35.9 Å². The monoisotopic (exact) mass is 1080 g/mol. The van der Waals surface area contributed by atoms with E-state index in [2.05, 4.69) is 252 Å². The van der Waals surface area contributed by atoms with Crippen molar-refractivity contribution in [1.82, 2.24) is 14.1 Å². The molecule has 0 spiro atoms. The van der Waals surface area contributed by atoms with E-state index in [1.165, 1.54) is 33.4 Å². The van der Waals surface area contributed by atoms with Crippen LogP contribution in [0.4, 0.5) is 0 Å². The molecule has 3 heterocycles. The van der Waals surface area contributed by atoms with Gasteiger partial charge in [-0.25, -0.2) is 4.98 Å². The number of para-hydroxylation sites is 1. The summed E-state index contributed by atoms with van der Waals surface area (Å²) in [5, 5.41) is 2.20. The normalized spacial score (nSPS) is 12.0. The van der Waals surface area contributed by atoms with Crippen LogP contribution in [-0.4, -0.2) is 14.1 Å². The third-order valence-corrected chi connectivity index (χ3v) is 13.5. The van der Waals surface area contributed by atoms with Crippen molar-refractivity contribution < 1.29 is 30.4 Å². The van der Waals surface area contributed by atoms with E-state index in [0.717, 1.165) is 55.8 Å². The largest absolute Gasteiger partial charge is 0.510 e. The van der Waals surface area contributed by atoms with Gasteiger partial charge in [0.1, 0.15) is 5.82 Å². The SMILES string of the molecule is CC(C)c1cccc(C(C)C)c1-c1cn(-c2[c-]c(Oc3[c-]c4c(cc3)c3ccccc3n4-c3cc(C(C)(C)c4ccccc4)ccn3)cc(-c3ccccc3)c2)[c-][n+]1-c1cccc(C(C)(C)C)c1.[Pt]. The van der Waals surface area contributed by atoms with Gasteiger partial charge >= 0.3 is 0 Å². The molecule has 69 heavy (non-hydrogen) atoms. The predicted molar refractivity (Wildman–Crippen MR) is 279 cm³/mol. The van der Waals surface area contributed by atoms with E-state index in [-0.39, 0.29) is 31.9 Å². The van der Waals surface area contributed by atoms with Gasteiger partial charge in [-0.1, -0.05) is 177 Å². The zero-order valence-corrected chi connectivity index (χ0v) is 43.2. The van der Waals surface area contributed by atoms with Crippen LogP contribution in [0.1, 0.15) is 102 Å². The maximum absolute atomic E-state index is 6.92. The van der Waals surface area contributed by atoms with Crippen molar-refractivity contribution in [3.63, 3.8) is 0 Å². The van der Waals surface area contributed by atoms with Crippen LogP contribution in [0.5, 0.6) is 11.5 Å². The quantitative estimate of drug-likeness (QED) is 0.0956. The Labute approximate surface area is 422 Å². The number of aromatic nitrogens is 4. The molecule has 348 valence electrons. The first kappa shape index (κ1) is 47.3. The van der Waals surface area contributed by atoms with Gasteiger partial charge in [-0.05, 0) is 97.6 Å². The molecule has 6 heteroatoms. The third kappa shape index (κ3) is 9.13. The molecule has 10 aromatic rings. The Bertz CT molecular complexity index is 3420. The Morgan fingerprint density at radius 1 is 0.580 bits per heavy atom. The molecular weight excluding hydrogens is 1020 g/mol. The number of rotatable bonds is 11. The van der Waals surface area contributed by atoms with Crippen molar-refractivity contribution in [2.45, 2.75) is 85.0 Å². The number of pyridine rings is 1. The molecule has 10 rings (SSSR count). The second-order valence-corrected chi connectivity index (χ2v) is 20.2. The van der Waals surface area contributed by atoms with E-state index in [1.807, 2.05) is 18.3 Å². The number of imidazole rings is 1. The van der Waals surface area contributed by atoms with Crippen LogP contribution in [0.2, 0.25) is 0 Å². The number of fused-ring (bicyclic) bond motifs is 3. The van der Waals surface area contributed by atoms with Gasteiger partial charge in [0.2, 0.25) is 0 Å². The molecule has 7 aromatic carbocycles. The fourth-order valence-corrected chi connectivity index (χ4v) is 9.58. The van der Waals surface area contributed by atoms with Crippen molar-refractivity contribution in [3.05, 3.63) is 222 Å². The van der Waals surface area contributed by atoms with E-state index in [4.69, 9.17) is 9.72 Å². The smallest absolute Gasteiger partial charge is 0.267 e. The number of ether oxygens (including phenoxy) is 1. The van der Waals surface area contributed by atoms with E-state index >= 15 is 0 Å². The minimum absolute atomic E-state index is 0. The molecule has 3 aromatic heterocycles. The first-order valence-electron chi connectivity index (χ1n) is 23.8. The van der Waals surface area contributed by atoms with Crippen LogP contribution in [0.25, 0.3) is 61.4 Å². The zero-order chi connectivity index (χ0) is 47.3. The fraction of sp³-hybridized carbons (Fsp3) is 0.206. The third-order valence-electron chi connectivity index (χ3n) is 13.5. The summed E-state index contributed by atoms with van der Waals surface area (Å²) in [7, 11) is 0. The second kappa shape index (κ2) is 18.9. The maximum Gasteiger partial charge on any atom is 0.267 e. The minimum atomic E-state index is -0.241. The minimum Gasteiger partial charge on any atom is -0.510 e. The molecule has 0 fully saturated rings. The fourth-order valence-electron chi connectivity index (χ4n) is 9.58. The van der Waals surface area contributed by atoms with Gasteiger partial charge in [0.25, 0.3) is 6.33 Å². The Kier molecular flexibility index (Phi) is 13.0. The molecule has 0 unspecified atom stereocenters. The Balaban J connectivity index is 0.00000593. The average molecular weight is 1080 g/mol. The average Bonchev–Trinajstić information content (AvgIpc) is 3.94. The summed E-state index contributed by atoms with van der Waals surface area (Å²) in [6.07, 6.45) is 7.95. The Morgan fingerprint density at radius 3 is 1.96 bits per heavy atom. The van der Waals surface area contributed by atoms with Crippen LogP contribution in [0.3, 0.4) is 0 Å². The van der Waals surface area contributed by atoms with Crippen molar-refractivity contribution in [1.29, 1.82) is 0 Å². The van der Waals surface area contributed by atoms with E-state index in [9.17, 15) is 0 Å². The molecule has 0 aliphatic rings. The van der Waals surface area contributed by atoms with Crippen LogP contribution in [0.15, 0.2) is 176 Å². The first-order valence-corrected chi connectivity index (χ1v) is 23.8. The predicted octanol–water partition coefficient (Wildman–Crippen LogP) is 15.6. The van der Waals surface area contributed by atoms with Crippen LogP contribution < -0.4 is 9.30 Å². The van der Waals surface area contributed by atoms with Gasteiger partial charge in [0, 0.05) is 55.9 Å². The number of nitrogens with zero attached hydrogens (tertiary/aromatic N) is 4. The molecular formula is C63H58N4OPt-2. The van der Waals surface area contributed by atoms with E-state index in [0.29, 0.717) is 23.3 Å². The van der Waals surface area contributed by atoms with Crippen molar-refractivity contribution in [3.8, 4) is 51.1 Å². The standard InChI is InChI=1S/C63H58N4O.Pt/c1-42(2)53-27-19-28-54(43(3)4)61(53)59-40-65(41-66(59)49-25-18-24-47(36-49)62(5,6)7)50-34-45(44-20-12-10-13-21-44)35-52(38-50)68-51-30-31-56-55-26-16-17-29-57(55)67(58(56)39-51)60-37-48(32-33-64-60)63(8,9)46-22-14-11-15-23-46;/h10-37,40,42-43H,1-9H3;/q-2;. The maximum atomic E-state index is 6.92. The van der Waals surface area contributed by atoms with Gasteiger partial charge in [0.15, 0.2) is 0 Å². The Hall–Kier alpha value is -6.81. The van der Waals surface area contributed by atoms with E-state index in [1.54, 1.807) is 0 Å². The number of hydrogen-bond acceptors (Lipinski definition) is 2. The Morgan fingerprint density at radius 2 is 1.25 bits per heavy atom. The van der Waals surface area contributed by atoms with Gasteiger partial charge in [-0.2, -0.15) is 12.1 Å². The van der Waals surface area contributed by atoms with Crippen molar-refractivity contribution in [2.75, 3.05) is 0 Å². The molecule has 0 bridgehead atoms. The molecule has 5 nitrogen and oxygen atoms in total. The van der Waals surface area contributed by atoms with Crippen molar-refractivity contribution in [2.24, 2.45) is 0 Å². The number of hydrogen-bond donors (Lipinski definition) is 0. The van der Waals surface area contributed by atoms with Crippen LogP contribution in [0, 0.1) is 18.5 Å². The van der Waals surface area contributed by atoms with Crippen LogP contribution in [-0.2, 0) is 31.9 Å². The summed E-state index contributed by atoms with van der Waals surface area (Å²) in [6.45, 7) is 20.5. The molecule has 0 atom stereocenters. The van der Waals surface area contributed by atoms with Crippen LogP contribution >= 0.6 is 0 Å². The summed E-state index contributed by atoms with van der Waals surface area (Å²) < 4.78 is 13.4. The molecule has 0 saturated carbocycles. The summed E-state index contributed by atoms with van der Waals surface area (Å²) in [5.41, 5.74) is 14.2. The van der Waals surface area contributed by atoms with Gasteiger partial charge in [0.05, 0.1) is 11.4 Å². The zero-order valence-electron chi connectivity index (χ0n) is 40.9. The second-order valence-electron chi connectivity index (χ2n) is 20.2. The summed E-state index contributed by atoms with van der Waals surface area (Å²) in [6, 6.07) is 65.4. The van der Waals surface area contributed by atoms with Gasteiger partial charge in [-0.15, -0.1) is 35.2 Å². The molecule has 0 amide bonds. The first-order chi connectivity index (χ1) is 32.7. The molecule has 0 aliphatic carbocycles. The number of benzene rings is 7. The summed E-state index contributed by atoms with van der Waals surface area (Å²) in [5.74, 6) is 2.59. The molecule has 0 radical (unpaired) electrons. The van der Waals surface area contributed by atoms with Gasteiger partial charge < -0.3 is 13.9 Å². The van der Waals surface area contributed by atoms with Gasteiger partial charge in [-0.3, -0.25) is 4.57 Å². The molecule has 0 N–H and O–H groups in total. The van der Waals surface area contributed by atoms with E-state index < -0.39 is 0 Å².